The van der Waals surface area contributed by atoms with Gasteiger partial charge in [-0.15, -0.1) is 0 Å². The van der Waals surface area contributed by atoms with Gasteiger partial charge >= 0.3 is 0 Å². The van der Waals surface area contributed by atoms with Crippen molar-refractivity contribution in [2.45, 2.75) is 26.8 Å². The minimum atomic E-state index is -0.384. The summed E-state index contributed by atoms with van der Waals surface area (Å²) in [7, 11) is 0. The number of nitriles is 1. The highest BCUT2D eigenvalue weighted by atomic mass is 16.2. The van der Waals surface area contributed by atoms with Crippen LogP contribution in [0.25, 0.3) is 0 Å². The van der Waals surface area contributed by atoms with Crippen molar-refractivity contribution in [1.82, 2.24) is 10.3 Å². The number of rotatable bonds is 5. The zero-order valence-corrected chi connectivity index (χ0v) is 10.9. The molecule has 0 radical (unpaired) electrons. The van der Waals surface area contributed by atoms with E-state index in [4.69, 9.17) is 5.26 Å². The zero-order valence-electron chi connectivity index (χ0n) is 10.9. The molecule has 1 atom stereocenters. The van der Waals surface area contributed by atoms with Gasteiger partial charge in [-0.05, 0) is 25.0 Å². The standard InChI is InChI=1S/C13H18N4O/c1-9(2)8-16-13(18)10(3)17-12-6-11(7-14)4-5-15-12/h4-6,9-10H,8H2,1-3H3,(H,15,17)(H,16,18). The third kappa shape index (κ3) is 4.42. The maximum absolute atomic E-state index is 11.7. The van der Waals surface area contributed by atoms with Gasteiger partial charge in [-0.3, -0.25) is 4.79 Å². The van der Waals surface area contributed by atoms with Crippen LogP contribution in [0.2, 0.25) is 0 Å². The topological polar surface area (TPSA) is 77.8 Å². The van der Waals surface area contributed by atoms with Gasteiger partial charge < -0.3 is 10.6 Å². The van der Waals surface area contributed by atoms with E-state index in [-0.39, 0.29) is 11.9 Å². The molecule has 1 aromatic heterocycles. The normalized spacial score (nSPS) is 11.7. The molecule has 0 aliphatic carbocycles. The predicted octanol–water partition coefficient (Wildman–Crippen LogP) is 1.53. The first-order valence-electron chi connectivity index (χ1n) is 5.93. The molecule has 1 heterocycles. The Bertz CT molecular complexity index is 451. The first kappa shape index (κ1) is 14.0. The van der Waals surface area contributed by atoms with Crippen LogP contribution in [0.1, 0.15) is 26.3 Å². The van der Waals surface area contributed by atoms with Crippen molar-refractivity contribution < 1.29 is 4.79 Å². The molecule has 5 nitrogen and oxygen atoms in total. The van der Waals surface area contributed by atoms with Crippen LogP contribution in [-0.4, -0.2) is 23.5 Å². The van der Waals surface area contributed by atoms with E-state index in [1.54, 1.807) is 25.3 Å². The molecule has 2 N–H and O–H groups in total. The van der Waals surface area contributed by atoms with E-state index < -0.39 is 0 Å². The lowest BCUT2D eigenvalue weighted by atomic mass is 10.2. The van der Waals surface area contributed by atoms with E-state index in [1.807, 2.05) is 19.9 Å². The molecule has 0 aromatic carbocycles. The van der Waals surface area contributed by atoms with Crippen molar-refractivity contribution in [3.8, 4) is 6.07 Å². The summed E-state index contributed by atoms with van der Waals surface area (Å²) >= 11 is 0. The monoisotopic (exact) mass is 246 g/mol. The quantitative estimate of drug-likeness (QED) is 0.825. The second-order valence-corrected chi connectivity index (χ2v) is 4.55. The summed E-state index contributed by atoms with van der Waals surface area (Å²) in [5.74, 6) is 0.871. The lowest BCUT2D eigenvalue weighted by molar-refractivity contribution is -0.121. The number of pyridine rings is 1. The van der Waals surface area contributed by atoms with Gasteiger partial charge in [-0.1, -0.05) is 13.8 Å². The molecule has 0 fully saturated rings. The summed E-state index contributed by atoms with van der Waals surface area (Å²) < 4.78 is 0. The number of nitrogens with zero attached hydrogens (tertiary/aromatic N) is 2. The van der Waals surface area contributed by atoms with E-state index in [0.717, 1.165) is 0 Å². The molecule has 0 saturated carbocycles. The van der Waals surface area contributed by atoms with Crippen molar-refractivity contribution in [2.75, 3.05) is 11.9 Å². The summed E-state index contributed by atoms with van der Waals surface area (Å²) in [6, 6.07) is 4.88. The summed E-state index contributed by atoms with van der Waals surface area (Å²) in [4.78, 5) is 15.8. The number of nitrogens with one attached hydrogen (secondary N) is 2. The molecule has 0 bridgehead atoms. The molecule has 1 aromatic rings. The summed E-state index contributed by atoms with van der Waals surface area (Å²) in [6.07, 6.45) is 1.54. The third-order valence-electron chi connectivity index (χ3n) is 2.33. The van der Waals surface area contributed by atoms with Crippen LogP contribution >= 0.6 is 0 Å². The second kappa shape index (κ2) is 6.60. The van der Waals surface area contributed by atoms with Crippen molar-refractivity contribution >= 4 is 11.7 Å². The average Bonchev–Trinajstić information content (AvgIpc) is 2.36. The fraction of sp³-hybridized carbons (Fsp3) is 0.462. The Hall–Kier alpha value is -2.09. The van der Waals surface area contributed by atoms with Crippen LogP contribution in [0.3, 0.4) is 0 Å². The summed E-state index contributed by atoms with van der Waals surface area (Å²) in [6.45, 7) is 6.49. The Labute approximate surface area is 107 Å². The van der Waals surface area contributed by atoms with Gasteiger partial charge in [0.05, 0.1) is 11.6 Å². The molecule has 0 aliphatic rings. The van der Waals surface area contributed by atoms with Crippen molar-refractivity contribution in [3.63, 3.8) is 0 Å². The van der Waals surface area contributed by atoms with Crippen LogP contribution in [0, 0.1) is 17.2 Å². The highest BCUT2D eigenvalue weighted by Gasteiger charge is 2.13. The van der Waals surface area contributed by atoms with E-state index in [2.05, 4.69) is 15.6 Å². The maximum Gasteiger partial charge on any atom is 0.242 e. The van der Waals surface area contributed by atoms with Gasteiger partial charge in [0.2, 0.25) is 5.91 Å². The molecule has 18 heavy (non-hydrogen) atoms. The maximum atomic E-state index is 11.7. The number of aromatic nitrogens is 1. The first-order valence-corrected chi connectivity index (χ1v) is 5.93. The summed E-state index contributed by atoms with van der Waals surface area (Å²) in [5.41, 5.74) is 0.516. The number of carbonyl (C=O) groups excluding carboxylic acids is 1. The fourth-order valence-corrected chi connectivity index (χ4v) is 1.32. The third-order valence-corrected chi connectivity index (χ3v) is 2.33. The molecule has 0 aliphatic heterocycles. The fourth-order valence-electron chi connectivity index (χ4n) is 1.32. The smallest absolute Gasteiger partial charge is 0.242 e. The van der Waals surface area contributed by atoms with Crippen LogP contribution in [0.5, 0.6) is 0 Å². The van der Waals surface area contributed by atoms with Crippen LogP contribution in [0.15, 0.2) is 18.3 Å². The predicted molar refractivity (Wildman–Crippen MR) is 69.9 cm³/mol. The minimum Gasteiger partial charge on any atom is -0.359 e. The number of amides is 1. The Morgan fingerprint density at radius 1 is 1.50 bits per heavy atom. The Balaban J connectivity index is 2.55. The lowest BCUT2D eigenvalue weighted by Crippen LogP contribution is -2.39. The zero-order chi connectivity index (χ0) is 13.5. The SMILES string of the molecule is CC(C)CNC(=O)C(C)Nc1cc(C#N)ccn1. The van der Waals surface area contributed by atoms with Crippen molar-refractivity contribution in [3.05, 3.63) is 23.9 Å². The van der Waals surface area contributed by atoms with E-state index in [1.165, 1.54) is 0 Å². The van der Waals surface area contributed by atoms with E-state index in [0.29, 0.717) is 23.8 Å². The Kier molecular flexibility index (Phi) is 5.12. The molecule has 0 spiro atoms. The largest absolute Gasteiger partial charge is 0.359 e. The molecule has 1 unspecified atom stereocenters. The molecule has 5 heteroatoms. The molecular formula is C13H18N4O. The molecular weight excluding hydrogens is 228 g/mol. The molecule has 0 saturated heterocycles. The van der Waals surface area contributed by atoms with Gasteiger partial charge in [0.1, 0.15) is 11.9 Å². The number of hydrogen-bond acceptors (Lipinski definition) is 4. The first-order chi connectivity index (χ1) is 8.52. The highest BCUT2D eigenvalue weighted by Crippen LogP contribution is 2.07. The van der Waals surface area contributed by atoms with Gasteiger partial charge in [0.15, 0.2) is 0 Å². The van der Waals surface area contributed by atoms with E-state index >= 15 is 0 Å². The van der Waals surface area contributed by atoms with Crippen LogP contribution < -0.4 is 10.6 Å². The number of carbonyl (C=O) groups is 1. The Morgan fingerprint density at radius 2 is 2.22 bits per heavy atom. The van der Waals surface area contributed by atoms with Gasteiger partial charge in [0, 0.05) is 12.7 Å². The molecule has 96 valence electrons. The average molecular weight is 246 g/mol. The van der Waals surface area contributed by atoms with Gasteiger partial charge in [0.25, 0.3) is 0 Å². The molecule has 1 amide bonds. The summed E-state index contributed by atoms with van der Waals surface area (Å²) in [5, 5.41) is 14.6. The number of hydrogen-bond donors (Lipinski definition) is 2. The minimum absolute atomic E-state index is 0.0761. The lowest BCUT2D eigenvalue weighted by Gasteiger charge is -2.15. The molecule has 1 rings (SSSR count). The van der Waals surface area contributed by atoms with Gasteiger partial charge in [-0.2, -0.15) is 5.26 Å². The second-order valence-electron chi connectivity index (χ2n) is 4.55. The van der Waals surface area contributed by atoms with Crippen molar-refractivity contribution in [2.24, 2.45) is 5.92 Å². The van der Waals surface area contributed by atoms with Crippen LogP contribution in [0.4, 0.5) is 5.82 Å². The highest BCUT2D eigenvalue weighted by molar-refractivity contribution is 5.83. The van der Waals surface area contributed by atoms with E-state index in [9.17, 15) is 4.79 Å². The van der Waals surface area contributed by atoms with Crippen LogP contribution in [-0.2, 0) is 4.79 Å². The van der Waals surface area contributed by atoms with Crippen molar-refractivity contribution in [1.29, 1.82) is 5.26 Å². The Morgan fingerprint density at radius 3 is 2.83 bits per heavy atom. The number of anilines is 1. The van der Waals surface area contributed by atoms with Gasteiger partial charge in [-0.25, -0.2) is 4.98 Å².